The first-order valence-corrected chi connectivity index (χ1v) is 18.6. The van der Waals surface area contributed by atoms with E-state index in [1.165, 1.54) is 5.56 Å². The zero-order chi connectivity index (χ0) is 37.7. The van der Waals surface area contributed by atoms with Gasteiger partial charge in [0.05, 0.1) is 23.5 Å². The molecule has 286 valence electrons. The second-order valence-corrected chi connectivity index (χ2v) is 14.2. The molecule has 0 saturated carbocycles. The highest BCUT2D eigenvalue weighted by Gasteiger charge is 2.31. The van der Waals surface area contributed by atoms with Crippen LogP contribution in [0, 0.1) is 0 Å². The van der Waals surface area contributed by atoms with Gasteiger partial charge in [0.25, 0.3) is 5.24 Å². The lowest BCUT2D eigenvalue weighted by Gasteiger charge is -2.17. The smallest absolute Gasteiger partial charge is 0.341 e. The minimum absolute atomic E-state index is 0. The molecule has 2 aromatic heterocycles. The molecule has 1 saturated heterocycles. The van der Waals surface area contributed by atoms with Crippen LogP contribution in [0.2, 0.25) is 5.02 Å². The summed E-state index contributed by atoms with van der Waals surface area (Å²) in [5.41, 5.74) is 5.91. The van der Waals surface area contributed by atoms with Gasteiger partial charge in [0.1, 0.15) is 11.5 Å². The van der Waals surface area contributed by atoms with E-state index in [0.29, 0.717) is 30.3 Å². The second-order valence-electron chi connectivity index (χ2n) is 12.6. The van der Waals surface area contributed by atoms with Gasteiger partial charge in [-0.1, -0.05) is 72.8 Å². The van der Waals surface area contributed by atoms with Crippen LogP contribution in [0.4, 0.5) is 4.79 Å². The number of aliphatic carboxylic acids is 1. The Bertz CT molecular complexity index is 1990. The highest BCUT2D eigenvalue weighted by molar-refractivity contribution is 8.15. The van der Waals surface area contributed by atoms with Gasteiger partial charge in [-0.2, -0.15) is 0 Å². The number of carbonyl (C=O) groups is 3. The maximum absolute atomic E-state index is 11.6. The van der Waals surface area contributed by atoms with Crippen LogP contribution in [-0.4, -0.2) is 68.3 Å². The molecule has 0 spiro atoms. The van der Waals surface area contributed by atoms with E-state index in [2.05, 4.69) is 33.6 Å². The van der Waals surface area contributed by atoms with Crippen molar-refractivity contribution in [2.24, 2.45) is 0 Å². The number of hydrogen-bond donors (Lipinski definition) is 5. The Hall–Kier alpha value is -4.59. The molecule has 3 atom stereocenters. The molecule has 3 heterocycles. The van der Waals surface area contributed by atoms with Crippen LogP contribution in [0.15, 0.2) is 91.3 Å². The number of carboxylic acids is 1. The van der Waals surface area contributed by atoms with E-state index >= 15 is 0 Å². The van der Waals surface area contributed by atoms with E-state index < -0.39 is 12.1 Å². The zero-order valence-corrected chi connectivity index (χ0v) is 32.3. The van der Waals surface area contributed by atoms with Gasteiger partial charge in [-0.3, -0.25) is 19.9 Å². The van der Waals surface area contributed by atoms with Gasteiger partial charge in [-0.05, 0) is 84.8 Å². The number of aryl methyl sites for hydroxylation is 1. The Labute approximate surface area is 329 Å². The van der Waals surface area contributed by atoms with E-state index in [-0.39, 0.29) is 41.5 Å². The number of aliphatic hydroxyl groups is 1. The fraction of sp³-hybridized carbons (Fsp3) is 0.300. The molecule has 0 bridgehead atoms. The Morgan fingerprint density at radius 2 is 1.80 bits per heavy atom. The van der Waals surface area contributed by atoms with Gasteiger partial charge in [-0.25, -0.2) is 4.79 Å². The third-order valence-electron chi connectivity index (χ3n) is 8.57. The van der Waals surface area contributed by atoms with Crippen molar-refractivity contribution >= 4 is 63.8 Å². The molecule has 2 amide bonds. The number of carboxylic acid groups (broad SMARTS) is 1. The van der Waals surface area contributed by atoms with Gasteiger partial charge in [0.15, 0.2) is 6.61 Å². The molecule has 11 nitrogen and oxygen atoms in total. The summed E-state index contributed by atoms with van der Waals surface area (Å²) in [6.45, 7) is 4.75. The summed E-state index contributed by atoms with van der Waals surface area (Å²) >= 11 is 7.03. The molecule has 14 heteroatoms. The second kappa shape index (κ2) is 20.8. The molecule has 5 N–H and O–H groups in total. The number of aliphatic hydroxyl groups excluding tert-OH is 1. The third-order valence-corrected chi connectivity index (χ3v) is 9.78. The molecular formula is C40H44Cl2N4O7S. The van der Waals surface area contributed by atoms with Gasteiger partial charge in [-0.15, -0.1) is 12.4 Å². The quantitative estimate of drug-likeness (QED) is 0.0695. The maximum Gasteiger partial charge on any atom is 0.341 e. The summed E-state index contributed by atoms with van der Waals surface area (Å²) in [6.07, 6.45) is 6.20. The van der Waals surface area contributed by atoms with E-state index in [4.69, 9.17) is 26.2 Å². The summed E-state index contributed by atoms with van der Waals surface area (Å²) in [5, 5.41) is 25.8. The molecule has 0 aliphatic carbocycles. The maximum atomic E-state index is 11.6. The van der Waals surface area contributed by atoms with E-state index in [9.17, 15) is 19.5 Å². The Morgan fingerprint density at radius 1 is 1.04 bits per heavy atom. The lowest BCUT2D eigenvalue weighted by atomic mass is 10.0. The first-order chi connectivity index (χ1) is 25.6. The highest BCUT2D eigenvalue weighted by Crippen LogP contribution is 2.28. The number of hydrogen-bond acceptors (Lipinski definition) is 9. The molecule has 6 rings (SSSR count). The molecular weight excluding hydrogens is 751 g/mol. The Kier molecular flexibility index (Phi) is 16.2. The number of carbonyl (C=O) groups excluding carboxylic acids is 2. The highest BCUT2D eigenvalue weighted by atomic mass is 35.5. The predicted molar refractivity (Wildman–Crippen MR) is 214 cm³/mol. The van der Waals surface area contributed by atoms with Crippen LogP contribution >= 0.6 is 35.8 Å². The summed E-state index contributed by atoms with van der Waals surface area (Å²) in [5.74, 6) is 0.0773. The van der Waals surface area contributed by atoms with Crippen LogP contribution in [-0.2, 0) is 35.3 Å². The van der Waals surface area contributed by atoms with Crippen LogP contribution in [0.1, 0.15) is 47.9 Å². The summed E-state index contributed by atoms with van der Waals surface area (Å²) < 4.78 is 11.1. The fourth-order valence-electron chi connectivity index (χ4n) is 5.71. The number of nitrogens with zero attached hydrogens (tertiary/aromatic N) is 1. The number of fused-ring (bicyclic) bond motifs is 1. The molecule has 54 heavy (non-hydrogen) atoms. The number of aromatic amines is 1. The van der Waals surface area contributed by atoms with Crippen molar-refractivity contribution in [1.29, 1.82) is 0 Å². The van der Waals surface area contributed by atoms with Crippen molar-refractivity contribution in [2.75, 3.05) is 19.8 Å². The number of imide groups is 1. The molecule has 1 aliphatic heterocycles. The summed E-state index contributed by atoms with van der Waals surface area (Å²) in [7, 11) is 0. The number of thioether (sulfide) groups is 1. The van der Waals surface area contributed by atoms with Crippen LogP contribution < -0.4 is 20.1 Å². The Morgan fingerprint density at radius 3 is 2.46 bits per heavy atom. The van der Waals surface area contributed by atoms with Crippen molar-refractivity contribution in [2.45, 2.75) is 56.9 Å². The normalized spacial score (nSPS) is 14.7. The molecule has 3 aromatic carbocycles. The standard InChI is InChI=1S/C21H23ClN2O4.C19H20N2O3S.ClH/c1-13(23-11-18(25)14-4-2-5-16(22)9-14)8-15-10-24-21-17(15)6-3-7-19(21)28-12-20(26)27;1-2-13-3-6-15(20-12-13)9-10-24-16-7-4-14(5-8-16)11-17-18(22)21-19(23)25-17;/h2-7,9-10,13,18,23-25H,8,11-12H2,1H3,(H,26,27);3-8,12,17H,2,9-11H2,1H3,(H,21,22,23);1H/t13-,18+;;/m1../s1. The Balaban J connectivity index is 0.000000238. The number of amides is 2. The topological polar surface area (TPSA) is 163 Å². The number of rotatable bonds is 16. The number of pyridine rings is 1. The van der Waals surface area contributed by atoms with Crippen molar-refractivity contribution in [1.82, 2.24) is 20.6 Å². The lowest BCUT2D eigenvalue weighted by molar-refractivity contribution is -0.139. The zero-order valence-electron chi connectivity index (χ0n) is 29.9. The van der Waals surface area contributed by atoms with Gasteiger partial charge < -0.3 is 30.0 Å². The largest absolute Gasteiger partial charge is 0.493 e. The monoisotopic (exact) mass is 794 g/mol. The first-order valence-electron chi connectivity index (χ1n) is 17.4. The molecule has 1 aliphatic rings. The molecule has 0 radical (unpaired) electrons. The fourth-order valence-corrected chi connectivity index (χ4v) is 6.77. The minimum atomic E-state index is -1.01. The van der Waals surface area contributed by atoms with Crippen molar-refractivity contribution in [3.05, 3.63) is 124 Å². The SMILES string of the molecule is CCc1ccc(CCOc2ccc(CC3SC(=O)NC3=O)cc2)nc1.C[C@H](Cc1c[nH]c2c(OCC(=O)O)cccc12)NC[C@H](O)c1cccc(Cl)c1.Cl. The summed E-state index contributed by atoms with van der Waals surface area (Å²) in [4.78, 5) is 41.1. The number of nitrogens with one attached hydrogen (secondary N) is 3. The van der Waals surface area contributed by atoms with Crippen LogP contribution in [0.3, 0.4) is 0 Å². The van der Waals surface area contributed by atoms with Crippen LogP contribution in [0.5, 0.6) is 11.5 Å². The van der Waals surface area contributed by atoms with Gasteiger partial charge in [0, 0.05) is 47.5 Å². The molecule has 5 aromatic rings. The number of para-hydroxylation sites is 1. The first kappa shape index (κ1) is 42.2. The number of ether oxygens (including phenoxy) is 2. The summed E-state index contributed by atoms with van der Waals surface area (Å²) in [6, 6.07) is 24.7. The average Bonchev–Trinajstić information content (AvgIpc) is 3.71. The van der Waals surface area contributed by atoms with E-state index in [1.807, 2.05) is 73.9 Å². The average molecular weight is 796 g/mol. The van der Waals surface area contributed by atoms with Gasteiger partial charge >= 0.3 is 5.97 Å². The van der Waals surface area contributed by atoms with Gasteiger partial charge in [0.2, 0.25) is 5.91 Å². The number of benzene rings is 3. The number of aromatic nitrogens is 2. The minimum Gasteiger partial charge on any atom is -0.493 e. The number of halogens is 2. The third kappa shape index (κ3) is 12.5. The van der Waals surface area contributed by atoms with Crippen LogP contribution in [0.25, 0.3) is 10.9 Å². The van der Waals surface area contributed by atoms with E-state index in [0.717, 1.165) is 70.1 Å². The van der Waals surface area contributed by atoms with E-state index in [1.54, 1.807) is 18.2 Å². The number of H-pyrrole nitrogens is 1. The predicted octanol–water partition coefficient (Wildman–Crippen LogP) is 7.12. The van der Waals surface area contributed by atoms with Crippen molar-refractivity contribution < 1.29 is 34.1 Å². The van der Waals surface area contributed by atoms with Crippen molar-refractivity contribution in [3.8, 4) is 11.5 Å². The molecule has 1 unspecified atom stereocenters. The van der Waals surface area contributed by atoms with Crippen molar-refractivity contribution in [3.63, 3.8) is 0 Å². The molecule has 1 fully saturated rings. The lowest BCUT2D eigenvalue weighted by Crippen LogP contribution is -2.32.